The Labute approximate surface area is 107 Å². The quantitative estimate of drug-likeness (QED) is 0.817. The molecule has 2 rings (SSSR count). The monoisotopic (exact) mass is 327 g/mol. The molecule has 0 unspecified atom stereocenters. The molecule has 0 aliphatic carbocycles. The van der Waals surface area contributed by atoms with Crippen LogP contribution in [0, 0.1) is 3.57 Å². The number of carbonyl (C=O) groups is 1. The molecule has 0 heterocycles. The molecule has 3 nitrogen and oxygen atoms in total. The molecule has 0 saturated carbocycles. The molecule has 1 amide bonds. The fourth-order valence-electron chi connectivity index (χ4n) is 1.46. The van der Waals surface area contributed by atoms with E-state index in [1.54, 1.807) is 7.05 Å². The number of hydrogen-bond donors (Lipinski definition) is 1. The summed E-state index contributed by atoms with van der Waals surface area (Å²) in [6.45, 7) is 0. The standard InChI is InChI=1S/C12H10INO2/c1-14-12(15)16-11-9-5-3-2-4-8(9)6-7-10(11)13/h2-7H,1H3,(H,14,15). The number of hydrogen-bond acceptors (Lipinski definition) is 2. The fourth-order valence-corrected chi connectivity index (χ4v) is 2.04. The lowest BCUT2D eigenvalue weighted by Gasteiger charge is -2.09. The van der Waals surface area contributed by atoms with E-state index in [9.17, 15) is 4.79 Å². The highest BCUT2D eigenvalue weighted by atomic mass is 127. The average Bonchev–Trinajstić information content (AvgIpc) is 2.32. The zero-order valence-corrected chi connectivity index (χ0v) is 10.8. The Balaban J connectivity index is 2.57. The maximum atomic E-state index is 11.2. The summed E-state index contributed by atoms with van der Waals surface area (Å²) in [5, 5.41) is 4.44. The van der Waals surface area contributed by atoms with Gasteiger partial charge in [0.25, 0.3) is 0 Å². The molecule has 16 heavy (non-hydrogen) atoms. The second kappa shape index (κ2) is 4.69. The van der Waals surface area contributed by atoms with Crippen molar-refractivity contribution in [3.63, 3.8) is 0 Å². The van der Waals surface area contributed by atoms with Gasteiger partial charge in [0.05, 0.1) is 3.57 Å². The van der Waals surface area contributed by atoms with Crippen molar-refractivity contribution in [2.75, 3.05) is 7.05 Å². The van der Waals surface area contributed by atoms with E-state index in [1.165, 1.54) is 0 Å². The van der Waals surface area contributed by atoms with E-state index in [-0.39, 0.29) is 0 Å². The lowest BCUT2D eigenvalue weighted by molar-refractivity contribution is 0.203. The van der Waals surface area contributed by atoms with Crippen LogP contribution in [0.25, 0.3) is 10.8 Å². The first-order chi connectivity index (χ1) is 7.72. The molecule has 0 atom stereocenters. The molecule has 2 aromatic rings. The van der Waals surface area contributed by atoms with E-state index >= 15 is 0 Å². The van der Waals surface area contributed by atoms with Crippen molar-refractivity contribution in [2.24, 2.45) is 0 Å². The molecule has 1 N–H and O–H groups in total. The Morgan fingerprint density at radius 2 is 2.00 bits per heavy atom. The highest BCUT2D eigenvalue weighted by Gasteiger charge is 2.10. The molecule has 0 spiro atoms. The molecule has 82 valence electrons. The summed E-state index contributed by atoms with van der Waals surface area (Å²) in [7, 11) is 1.54. The summed E-state index contributed by atoms with van der Waals surface area (Å²) in [6.07, 6.45) is -0.450. The van der Waals surface area contributed by atoms with Gasteiger partial charge < -0.3 is 10.1 Å². The smallest absolute Gasteiger partial charge is 0.409 e. The topological polar surface area (TPSA) is 38.3 Å². The molecule has 2 aromatic carbocycles. The summed E-state index contributed by atoms with van der Waals surface area (Å²) in [6, 6.07) is 11.8. The molecule has 0 bridgehead atoms. The molecule has 0 saturated heterocycles. The lowest BCUT2D eigenvalue weighted by Crippen LogP contribution is -2.22. The molecule has 0 aromatic heterocycles. The maximum absolute atomic E-state index is 11.2. The summed E-state index contributed by atoms with van der Waals surface area (Å²) >= 11 is 2.15. The zero-order chi connectivity index (χ0) is 11.5. The summed E-state index contributed by atoms with van der Waals surface area (Å²) in [4.78, 5) is 11.2. The minimum atomic E-state index is -0.450. The number of benzene rings is 2. The van der Waals surface area contributed by atoms with Gasteiger partial charge in [-0.05, 0) is 34.0 Å². The van der Waals surface area contributed by atoms with Gasteiger partial charge in [0.1, 0.15) is 0 Å². The van der Waals surface area contributed by atoms with E-state index in [0.29, 0.717) is 5.75 Å². The Morgan fingerprint density at radius 1 is 1.25 bits per heavy atom. The molecule has 0 radical (unpaired) electrons. The fraction of sp³-hybridized carbons (Fsp3) is 0.0833. The molecular formula is C12H10INO2. The van der Waals surface area contributed by atoms with Crippen LogP contribution in [-0.4, -0.2) is 13.1 Å². The minimum absolute atomic E-state index is 0.450. The number of fused-ring (bicyclic) bond motifs is 1. The van der Waals surface area contributed by atoms with Crippen molar-refractivity contribution in [1.82, 2.24) is 5.32 Å². The van der Waals surface area contributed by atoms with Gasteiger partial charge in [-0.25, -0.2) is 4.79 Å². The Bertz CT molecular complexity index is 540. The van der Waals surface area contributed by atoms with E-state index in [1.807, 2.05) is 36.4 Å². The van der Waals surface area contributed by atoms with Gasteiger partial charge in [-0.15, -0.1) is 0 Å². The van der Waals surface area contributed by atoms with Crippen LogP contribution in [0.15, 0.2) is 36.4 Å². The molecular weight excluding hydrogens is 317 g/mol. The van der Waals surface area contributed by atoms with Crippen molar-refractivity contribution in [3.8, 4) is 5.75 Å². The van der Waals surface area contributed by atoms with Gasteiger partial charge in [-0.3, -0.25) is 0 Å². The first-order valence-corrected chi connectivity index (χ1v) is 5.87. The number of carbonyl (C=O) groups excluding carboxylic acids is 1. The van der Waals surface area contributed by atoms with Crippen LogP contribution in [0.5, 0.6) is 5.75 Å². The van der Waals surface area contributed by atoms with E-state index < -0.39 is 6.09 Å². The molecule has 0 aliphatic rings. The van der Waals surface area contributed by atoms with Crippen LogP contribution in [0.4, 0.5) is 4.79 Å². The number of halogens is 1. The van der Waals surface area contributed by atoms with Gasteiger partial charge in [0, 0.05) is 12.4 Å². The molecule has 4 heteroatoms. The summed E-state index contributed by atoms with van der Waals surface area (Å²) < 4.78 is 6.17. The predicted octanol–water partition coefficient (Wildman–Crippen LogP) is 3.16. The first-order valence-electron chi connectivity index (χ1n) is 4.79. The van der Waals surface area contributed by atoms with Crippen LogP contribution in [0.2, 0.25) is 0 Å². The Morgan fingerprint density at radius 3 is 2.75 bits per heavy atom. The minimum Gasteiger partial charge on any atom is -0.409 e. The second-order valence-corrected chi connectivity index (χ2v) is 4.40. The Hall–Kier alpha value is -1.30. The van der Waals surface area contributed by atoms with Crippen LogP contribution in [-0.2, 0) is 0 Å². The second-order valence-electron chi connectivity index (χ2n) is 3.24. The van der Waals surface area contributed by atoms with Gasteiger partial charge in [-0.1, -0.05) is 30.3 Å². The van der Waals surface area contributed by atoms with Crippen LogP contribution in [0.3, 0.4) is 0 Å². The third-order valence-corrected chi connectivity index (χ3v) is 3.08. The molecule has 0 aliphatic heterocycles. The predicted molar refractivity (Wildman–Crippen MR) is 71.7 cm³/mol. The summed E-state index contributed by atoms with van der Waals surface area (Å²) in [5.74, 6) is 0.609. The van der Waals surface area contributed by atoms with Crippen molar-refractivity contribution in [2.45, 2.75) is 0 Å². The third-order valence-electron chi connectivity index (χ3n) is 2.23. The first kappa shape index (κ1) is 11.2. The number of nitrogens with one attached hydrogen (secondary N) is 1. The maximum Gasteiger partial charge on any atom is 0.412 e. The van der Waals surface area contributed by atoms with Gasteiger partial charge >= 0.3 is 6.09 Å². The number of rotatable bonds is 1. The van der Waals surface area contributed by atoms with E-state index in [0.717, 1.165) is 14.3 Å². The number of amides is 1. The summed E-state index contributed by atoms with van der Waals surface area (Å²) in [5.41, 5.74) is 0. The van der Waals surface area contributed by atoms with Gasteiger partial charge in [0.15, 0.2) is 5.75 Å². The average molecular weight is 327 g/mol. The largest absolute Gasteiger partial charge is 0.412 e. The van der Waals surface area contributed by atoms with Crippen molar-refractivity contribution in [3.05, 3.63) is 40.0 Å². The zero-order valence-electron chi connectivity index (χ0n) is 8.66. The lowest BCUT2D eigenvalue weighted by atomic mass is 10.1. The normalized spacial score (nSPS) is 10.1. The highest BCUT2D eigenvalue weighted by Crippen LogP contribution is 2.30. The SMILES string of the molecule is CNC(=O)Oc1c(I)ccc2ccccc12. The van der Waals surface area contributed by atoms with Crippen LogP contribution < -0.4 is 10.1 Å². The Kier molecular flexibility index (Phi) is 3.28. The van der Waals surface area contributed by atoms with E-state index in [2.05, 4.69) is 27.9 Å². The van der Waals surface area contributed by atoms with Crippen LogP contribution in [0.1, 0.15) is 0 Å². The van der Waals surface area contributed by atoms with Gasteiger partial charge in [0.2, 0.25) is 0 Å². The van der Waals surface area contributed by atoms with Gasteiger partial charge in [-0.2, -0.15) is 0 Å². The van der Waals surface area contributed by atoms with Crippen molar-refractivity contribution in [1.29, 1.82) is 0 Å². The third kappa shape index (κ3) is 2.11. The highest BCUT2D eigenvalue weighted by molar-refractivity contribution is 14.1. The van der Waals surface area contributed by atoms with Crippen molar-refractivity contribution >= 4 is 39.5 Å². The number of ether oxygens (including phenoxy) is 1. The van der Waals surface area contributed by atoms with Crippen molar-refractivity contribution < 1.29 is 9.53 Å². The molecule has 0 fully saturated rings. The van der Waals surface area contributed by atoms with E-state index in [4.69, 9.17) is 4.74 Å². The van der Waals surface area contributed by atoms with Crippen LogP contribution >= 0.6 is 22.6 Å².